The van der Waals surface area contributed by atoms with Crippen LogP contribution in [-0.2, 0) is 0 Å². The molecule has 0 fully saturated rings. The summed E-state index contributed by atoms with van der Waals surface area (Å²) in [5.41, 5.74) is 6.96. The van der Waals surface area contributed by atoms with Crippen LogP contribution in [0.1, 0.15) is 24.9 Å². The van der Waals surface area contributed by atoms with Crippen molar-refractivity contribution in [2.24, 2.45) is 5.73 Å². The van der Waals surface area contributed by atoms with Gasteiger partial charge >= 0.3 is 0 Å². The second-order valence-corrected chi connectivity index (χ2v) is 4.43. The summed E-state index contributed by atoms with van der Waals surface area (Å²) in [7, 11) is 0. The predicted octanol–water partition coefficient (Wildman–Crippen LogP) is 2.38. The van der Waals surface area contributed by atoms with Gasteiger partial charge in [-0.15, -0.1) is 0 Å². The van der Waals surface area contributed by atoms with Gasteiger partial charge in [-0.25, -0.2) is 9.97 Å². The summed E-state index contributed by atoms with van der Waals surface area (Å²) in [4.78, 5) is 8.28. The van der Waals surface area contributed by atoms with E-state index in [2.05, 4.69) is 22.2 Å². The van der Waals surface area contributed by atoms with Gasteiger partial charge in [-0.1, -0.05) is 37.3 Å². The molecule has 0 spiro atoms. The van der Waals surface area contributed by atoms with Gasteiger partial charge in [-0.05, 0) is 12.0 Å². The zero-order valence-electron chi connectivity index (χ0n) is 11.6. The van der Waals surface area contributed by atoms with E-state index in [0.29, 0.717) is 24.8 Å². The van der Waals surface area contributed by atoms with Crippen molar-refractivity contribution in [1.82, 2.24) is 9.97 Å². The Hall–Kier alpha value is -2.14. The summed E-state index contributed by atoms with van der Waals surface area (Å²) < 4.78 is 5.49. The number of aromatic nitrogens is 2. The molecule has 1 heterocycles. The van der Waals surface area contributed by atoms with Gasteiger partial charge in [-0.3, -0.25) is 0 Å². The average molecular weight is 272 g/mol. The van der Waals surface area contributed by atoms with Gasteiger partial charge in [0.2, 0.25) is 5.88 Å². The van der Waals surface area contributed by atoms with Crippen LogP contribution in [0.5, 0.6) is 5.88 Å². The lowest BCUT2D eigenvalue weighted by atomic mass is 10.1. The van der Waals surface area contributed by atoms with E-state index >= 15 is 0 Å². The molecule has 1 atom stereocenters. The van der Waals surface area contributed by atoms with E-state index in [4.69, 9.17) is 10.5 Å². The number of benzene rings is 1. The van der Waals surface area contributed by atoms with Crippen molar-refractivity contribution < 1.29 is 4.74 Å². The average Bonchev–Trinajstić information content (AvgIpc) is 2.52. The molecule has 0 saturated heterocycles. The first-order valence-corrected chi connectivity index (χ1v) is 6.80. The second kappa shape index (κ2) is 7.45. The lowest BCUT2D eigenvalue weighted by Crippen LogP contribution is -2.21. The molecule has 0 aliphatic carbocycles. The predicted molar refractivity (Wildman–Crippen MR) is 79.7 cm³/mol. The van der Waals surface area contributed by atoms with Crippen LogP contribution in [0, 0.1) is 0 Å². The Morgan fingerprint density at radius 2 is 2.05 bits per heavy atom. The van der Waals surface area contributed by atoms with Gasteiger partial charge < -0.3 is 15.8 Å². The van der Waals surface area contributed by atoms with E-state index in [1.807, 2.05) is 30.3 Å². The first-order chi connectivity index (χ1) is 9.83. The van der Waals surface area contributed by atoms with Crippen molar-refractivity contribution in [3.8, 4) is 5.88 Å². The molecule has 5 heteroatoms. The highest BCUT2D eigenvalue weighted by Gasteiger charge is 2.10. The number of hydrogen-bond donors (Lipinski definition) is 2. The van der Waals surface area contributed by atoms with Gasteiger partial charge in [-0.2, -0.15) is 0 Å². The molecule has 1 aromatic heterocycles. The maximum Gasteiger partial charge on any atom is 0.218 e. The number of nitrogens with two attached hydrogens (primary N) is 1. The molecule has 0 amide bonds. The highest BCUT2D eigenvalue weighted by molar-refractivity contribution is 5.40. The summed E-state index contributed by atoms with van der Waals surface area (Å²) in [6.45, 7) is 3.19. The SMILES string of the molecule is CCCOc1cc(NC(CN)c2ccccc2)ncn1. The van der Waals surface area contributed by atoms with Crippen LogP contribution in [0.25, 0.3) is 0 Å². The lowest BCUT2D eigenvalue weighted by Gasteiger charge is -2.18. The lowest BCUT2D eigenvalue weighted by molar-refractivity contribution is 0.305. The summed E-state index contributed by atoms with van der Waals surface area (Å²) in [6, 6.07) is 11.9. The zero-order valence-corrected chi connectivity index (χ0v) is 11.6. The molecule has 2 aromatic rings. The Kier molecular flexibility index (Phi) is 5.32. The molecule has 20 heavy (non-hydrogen) atoms. The first-order valence-electron chi connectivity index (χ1n) is 6.80. The molecular weight excluding hydrogens is 252 g/mol. The summed E-state index contributed by atoms with van der Waals surface area (Å²) in [5, 5.41) is 3.31. The molecule has 0 radical (unpaired) electrons. The van der Waals surface area contributed by atoms with Crippen molar-refractivity contribution in [2.75, 3.05) is 18.5 Å². The van der Waals surface area contributed by atoms with E-state index in [1.54, 1.807) is 6.07 Å². The highest BCUT2D eigenvalue weighted by atomic mass is 16.5. The highest BCUT2D eigenvalue weighted by Crippen LogP contribution is 2.19. The second-order valence-electron chi connectivity index (χ2n) is 4.43. The molecule has 1 aromatic carbocycles. The van der Waals surface area contributed by atoms with Crippen molar-refractivity contribution in [1.29, 1.82) is 0 Å². The van der Waals surface area contributed by atoms with Crippen LogP contribution in [0.2, 0.25) is 0 Å². The van der Waals surface area contributed by atoms with Gasteiger partial charge in [0.15, 0.2) is 0 Å². The topological polar surface area (TPSA) is 73.1 Å². The fourth-order valence-corrected chi connectivity index (χ4v) is 1.85. The number of nitrogens with zero attached hydrogens (tertiary/aromatic N) is 2. The van der Waals surface area contributed by atoms with Crippen LogP contribution in [0.3, 0.4) is 0 Å². The molecule has 0 aliphatic rings. The molecule has 3 N–H and O–H groups in total. The van der Waals surface area contributed by atoms with Gasteiger partial charge in [0.25, 0.3) is 0 Å². The van der Waals surface area contributed by atoms with E-state index in [9.17, 15) is 0 Å². The van der Waals surface area contributed by atoms with Crippen LogP contribution < -0.4 is 15.8 Å². The van der Waals surface area contributed by atoms with Gasteiger partial charge in [0.1, 0.15) is 12.1 Å². The summed E-state index contributed by atoms with van der Waals surface area (Å²) >= 11 is 0. The van der Waals surface area contributed by atoms with Crippen molar-refractivity contribution in [3.63, 3.8) is 0 Å². The van der Waals surface area contributed by atoms with Crippen molar-refractivity contribution in [3.05, 3.63) is 48.3 Å². The Bertz CT molecular complexity index is 518. The Labute approximate surface area is 119 Å². The molecule has 1 unspecified atom stereocenters. The summed E-state index contributed by atoms with van der Waals surface area (Å²) in [5.74, 6) is 1.29. The number of anilines is 1. The maximum atomic E-state index is 5.83. The fraction of sp³-hybridized carbons (Fsp3) is 0.333. The molecule has 2 rings (SSSR count). The monoisotopic (exact) mass is 272 g/mol. The quantitative estimate of drug-likeness (QED) is 0.809. The smallest absolute Gasteiger partial charge is 0.218 e. The minimum Gasteiger partial charge on any atom is -0.478 e. The number of hydrogen-bond acceptors (Lipinski definition) is 5. The Morgan fingerprint density at radius 3 is 2.75 bits per heavy atom. The fourth-order valence-electron chi connectivity index (χ4n) is 1.85. The molecule has 0 saturated carbocycles. The van der Waals surface area contributed by atoms with Crippen LogP contribution >= 0.6 is 0 Å². The van der Waals surface area contributed by atoms with E-state index in [0.717, 1.165) is 12.0 Å². The zero-order chi connectivity index (χ0) is 14.2. The number of ether oxygens (including phenoxy) is 1. The Balaban J connectivity index is 2.07. The minimum absolute atomic E-state index is 0.0186. The van der Waals surface area contributed by atoms with E-state index in [-0.39, 0.29) is 6.04 Å². The van der Waals surface area contributed by atoms with Gasteiger partial charge in [0.05, 0.1) is 12.6 Å². The van der Waals surface area contributed by atoms with E-state index < -0.39 is 0 Å². The van der Waals surface area contributed by atoms with Crippen molar-refractivity contribution >= 4 is 5.82 Å². The first kappa shape index (κ1) is 14.3. The third-order valence-corrected chi connectivity index (χ3v) is 2.86. The molecule has 0 aliphatic heterocycles. The maximum absolute atomic E-state index is 5.83. The van der Waals surface area contributed by atoms with E-state index in [1.165, 1.54) is 6.33 Å². The third-order valence-electron chi connectivity index (χ3n) is 2.86. The molecular formula is C15H20N4O. The van der Waals surface area contributed by atoms with Crippen LogP contribution in [0.4, 0.5) is 5.82 Å². The van der Waals surface area contributed by atoms with Gasteiger partial charge in [0, 0.05) is 12.6 Å². The molecule has 106 valence electrons. The number of nitrogens with one attached hydrogen (secondary N) is 1. The van der Waals surface area contributed by atoms with Crippen LogP contribution in [0.15, 0.2) is 42.7 Å². The molecule has 5 nitrogen and oxygen atoms in total. The summed E-state index contributed by atoms with van der Waals surface area (Å²) in [6.07, 6.45) is 2.44. The standard InChI is InChI=1S/C15H20N4O/c1-2-8-20-15-9-14(17-11-18-15)19-13(10-16)12-6-4-3-5-7-12/h3-7,9,11,13H,2,8,10,16H2,1H3,(H,17,18,19). The van der Waals surface area contributed by atoms with Crippen molar-refractivity contribution in [2.45, 2.75) is 19.4 Å². The number of rotatable bonds is 7. The normalized spacial score (nSPS) is 11.9. The van der Waals surface area contributed by atoms with Crippen LogP contribution in [-0.4, -0.2) is 23.1 Å². The minimum atomic E-state index is 0.0186. The Morgan fingerprint density at radius 1 is 1.25 bits per heavy atom. The third kappa shape index (κ3) is 3.93. The largest absolute Gasteiger partial charge is 0.478 e. The molecule has 0 bridgehead atoms.